The fourth-order valence-electron chi connectivity index (χ4n) is 4.07. The van der Waals surface area contributed by atoms with E-state index >= 15 is 0 Å². The first-order valence-electron chi connectivity index (χ1n) is 12.3. The van der Waals surface area contributed by atoms with Crippen LogP contribution in [0.3, 0.4) is 0 Å². The summed E-state index contributed by atoms with van der Waals surface area (Å²) in [5.41, 5.74) is 0.693. The van der Waals surface area contributed by atoms with Gasteiger partial charge in [0.15, 0.2) is 0 Å². The van der Waals surface area contributed by atoms with E-state index in [-0.39, 0.29) is 34.5 Å². The molecule has 3 aromatic carbocycles. The van der Waals surface area contributed by atoms with Crippen molar-refractivity contribution < 1.29 is 27.1 Å². The van der Waals surface area contributed by atoms with E-state index in [1.807, 2.05) is 0 Å². The van der Waals surface area contributed by atoms with Crippen molar-refractivity contribution in [3.63, 3.8) is 0 Å². The monoisotopic (exact) mass is 575 g/mol. The third-order valence-corrected chi connectivity index (χ3v) is 8.10. The van der Waals surface area contributed by atoms with E-state index in [4.69, 9.17) is 16.3 Å². The lowest BCUT2D eigenvalue weighted by Crippen LogP contribution is -2.52. The van der Waals surface area contributed by atoms with Crippen molar-refractivity contribution in [1.82, 2.24) is 10.2 Å². The molecule has 1 atom stereocenters. The topological polar surface area (TPSA) is 96.0 Å². The van der Waals surface area contributed by atoms with Crippen LogP contribution in [-0.4, -0.2) is 51.4 Å². The third kappa shape index (κ3) is 7.27. The molecule has 3 aromatic rings. The number of likely N-dealkylation sites (N-methyl/N-ethyl adjacent to an activating group) is 1. The van der Waals surface area contributed by atoms with Gasteiger partial charge in [0.05, 0.1) is 22.7 Å². The highest BCUT2D eigenvalue weighted by atomic mass is 35.5. The standard InChI is InChI=1S/C28H31ClFN3O5S/c1-4-26(28(35)31-5-2)32(18-20-10-9-11-22(16-20)38-3)27(34)19-33(21-14-15-25(30)24(29)17-21)39(36,37)23-12-7-6-8-13-23/h6-17,26H,4-5,18-19H2,1-3H3,(H,31,35)/t26-/m1/s1. The van der Waals surface area contributed by atoms with Crippen LogP contribution in [0.15, 0.2) is 77.7 Å². The molecule has 0 fully saturated rings. The number of ether oxygens (including phenoxy) is 1. The van der Waals surface area contributed by atoms with E-state index in [0.29, 0.717) is 17.9 Å². The van der Waals surface area contributed by atoms with Gasteiger partial charge in [0.2, 0.25) is 11.8 Å². The molecule has 0 aliphatic carbocycles. The van der Waals surface area contributed by atoms with Crippen LogP contribution in [-0.2, 0) is 26.2 Å². The number of benzene rings is 3. The first kappa shape index (κ1) is 29.9. The molecule has 0 aliphatic heterocycles. The van der Waals surface area contributed by atoms with Crippen molar-refractivity contribution in [3.05, 3.63) is 89.2 Å². The number of sulfonamides is 1. The molecule has 0 heterocycles. The van der Waals surface area contributed by atoms with Gasteiger partial charge in [-0.3, -0.25) is 13.9 Å². The van der Waals surface area contributed by atoms with Gasteiger partial charge in [-0.25, -0.2) is 12.8 Å². The molecule has 3 rings (SSSR count). The second kappa shape index (κ2) is 13.4. The molecule has 0 spiro atoms. The SMILES string of the molecule is CCNC(=O)[C@@H](CC)N(Cc1cccc(OC)c1)C(=O)CN(c1ccc(F)c(Cl)c1)S(=O)(=O)c1ccccc1. The van der Waals surface area contributed by atoms with Crippen molar-refractivity contribution >= 4 is 39.1 Å². The van der Waals surface area contributed by atoms with Crippen molar-refractivity contribution in [2.75, 3.05) is 24.5 Å². The number of nitrogens with one attached hydrogen (secondary N) is 1. The second-order valence-electron chi connectivity index (χ2n) is 8.61. The Morgan fingerprint density at radius 1 is 1.03 bits per heavy atom. The van der Waals surface area contributed by atoms with Gasteiger partial charge in [0.1, 0.15) is 24.2 Å². The minimum absolute atomic E-state index is 0.00555. The summed E-state index contributed by atoms with van der Waals surface area (Å²) >= 11 is 5.98. The third-order valence-electron chi connectivity index (χ3n) is 6.03. The summed E-state index contributed by atoms with van der Waals surface area (Å²) in [6.45, 7) is 3.27. The first-order chi connectivity index (χ1) is 18.6. The number of amides is 2. The number of carbonyl (C=O) groups excluding carboxylic acids is 2. The molecule has 0 saturated heterocycles. The van der Waals surface area contributed by atoms with Crippen LogP contribution in [0, 0.1) is 5.82 Å². The van der Waals surface area contributed by atoms with E-state index in [9.17, 15) is 22.4 Å². The molecule has 1 N–H and O–H groups in total. The fourth-order valence-corrected chi connectivity index (χ4v) is 5.67. The number of nitrogens with zero attached hydrogens (tertiary/aromatic N) is 2. The van der Waals surface area contributed by atoms with Gasteiger partial charge in [-0.05, 0) is 61.4 Å². The average Bonchev–Trinajstić information content (AvgIpc) is 2.93. The summed E-state index contributed by atoms with van der Waals surface area (Å²) in [7, 11) is -2.75. The van der Waals surface area contributed by atoms with Crippen LogP contribution in [0.2, 0.25) is 5.02 Å². The van der Waals surface area contributed by atoms with Crippen LogP contribution in [0.1, 0.15) is 25.8 Å². The zero-order valence-electron chi connectivity index (χ0n) is 21.9. The number of hydrogen-bond donors (Lipinski definition) is 1. The minimum atomic E-state index is -4.27. The molecule has 208 valence electrons. The summed E-state index contributed by atoms with van der Waals surface area (Å²) in [6.07, 6.45) is 0.287. The van der Waals surface area contributed by atoms with Gasteiger partial charge >= 0.3 is 0 Å². The number of methoxy groups -OCH3 is 1. The lowest BCUT2D eigenvalue weighted by Gasteiger charge is -2.33. The molecule has 2 amide bonds. The molecule has 11 heteroatoms. The minimum Gasteiger partial charge on any atom is -0.497 e. The van der Waals surface area contributed by atoms with Crippen LogP contribution < -0.4 is 14.4 Å². The lowest BCUT2D eigenvalue weighted by atomic mass is 10.1. The molecule has 39 heavy (non-hydrogen) atoms. The van der Waals surface area contributed by atoms with Gasteiger partial charge in [0, 0.05) is 13.1 Å². The molecule has 0 radical (unpaired) electrons. The van der Waals surface area contributed by atoms with Crippen LogP contribution in [0.4, 0.5) is 10.1 Å². The van der Waals surface area contributed by atoms with E-state index in [2.05, 4.69) is 5.32 Å². The lowest BCUT2D eigenvalue weighted by molar-refractivity contribution is -0.140. The second-order valence-corrected chi connectivity index (χ2v) is 10.9. The summed E-state index contributed by atoms with van der Waals surface area (Å²) in [5.74, 6) is -1.15. The Labute approximate surface area is 233 Å². The number of carbonyl (C=O) groups is 2. The summed E-state index contributed by atoms with van der Waals surface area (Å²) < 4.78 is 47.6. The Balaban J connectivity index is 2.08. The van der Waals surface area contributed by atoms with Gasteiger partial charge < -0.3 is 15.0 Å². The Kier molecular flexibility index (Phi) is 10.3. The highest BCUT2D eigenvalue weighted by Crippen LogP contribution is 2.28. The predicted molar refractivity (Wildman–Crippen MR) is 149 cm³/mol. The van der Waals surface area contributed by atoms with Gasteiger partial charge in [-0.15, -0.1) is 0 Å². The molecule has 0 bridgehead atoms. The molecule has 0 unspecified atom stereocenters. The number of halogens is 2. The van der Waals surface area contributed by atoms with E-state index in [0.717, 1.165) is 16.4 Å². The largest absolute Gasteiger partial charge is 0.497 e. The fraction of sp³-hybridized carbons (Fsp3) is 0.286. The maximum Gasteiger partial charge on any atom is 0.264 e. The van der Waals surface area contributed by atoms with E-state index in [1.165, 1.54) is 30.2 Å². The van der Waals surface area contributed by atoms with Gasteiger partial charge in [-0.1, -0.05) is 48.9 Å². The van der Waals surface area contributed by atoms with Crippen molar-refractivity contribution in [2.45, 2.75) is 37.8 Å². The number of hydrogen-bond acceptors (Lipinski definition) is 5. The summed E-state index contributed by atoms with van der Waals surface area (Å²) in [4.78, 5) is 28.2. The van der Waals surface area contributed by atoms with Crippen LogP contribution in [0.25, 0.3) is 0 Å². The highest BCUT2D eigenvalue weighted by molar-refractivity contribution is 7.92. The normalized spacial score (nSPS) is 11.9. The molecule has 0 aromatic heterocycles. The molecular weight excluding hydrogens is 545 g/mol. The van der Waals surface area contributed by atoms with E-state index in [1.54, 1.807) is 56.3 Å². The number of anilines is 1. The quantitative estimate of drug-likeness (QED) is 0.340. The van der Waals surface area contributed by atoms with Crippen molar-refractivity contribution in [2.24, 2.45) is 0 Å². The Hall–Kier alpha value is -3.63. The maximum atomic E-state index is 14.0. The van der Waals surface area contributed by atoms with Crippen LogP contribution in [0.5, 0.6) is 5.75 Å². The first-order valence-corrected chi connectivity index (χ1v) is 14.2. The average molecular weight is 576 g/mol. The maximum absolute atomic E-state index is 14.0. The summed E-state index contributed by atoms with van der Waals surface area (Å²) in [5, 5.41) is 2.45. The summed E-state index contributed by atoms with van der Waals surface area (Å²) in [6, 6.07) is 17.2. The van der Waals surface area contributed by atoms with Gasteiger partial charge in [0.25, 0.3) is 10.0 Å². The van der Waals surface area contributed by atoms with Crippen LogP contribution >= 0.6 is 11.6 Å². The zero-order chi connectivity index (χ0) is 28.6. The van der Waals surface area contributed by atoms with Crippen molar-refractivity contribution in [3.8, 4) is 5.75 Å². The van der Waals surface area contributed by atoms with Crippen molar-refractivity contribution in [1.29, 1.82) is 0 Å². The molecule has 8 nitrogen and oxygen atoms in total. The Morgan fingerprint density at radius 2 is 1.74 bits per heavy atom. The van der Waals surface area contributed by atoms with Gasteiger partial charge in [-0.2, -0.15) is 0 Å². The Bertz CT molecular complexity index is 1410. The molecule has 0 saturated carbocycles. The van der Waals surface area contributed by atoms with E-state index < -0.39 is 34.3 Å². The Morgan fingerprint density at radius 3 is 2.36 bits per heavy atom. The molecular formula is C28H31ClFN3O5S. The predicted octanol–water partition coefficient (Wildman–Crippen LogP) is 4.63. The highest BCUT2D eigenvalue weighted by Gasteiger charge is 2.33. The smallest absolute Gasteiger partial charge is 0.264 e. The molecule has 0 aliphatic rings. The zero-order valence-corrected chi connectivity index (χ0v) is 23.5. The number of rotatable bonds is 12.